The molecule has 0 bridgehead atoms. The number of aromatic nitrogens is 4. The average Bonchev–Trinajstić information content (AvgIpc) is 2.90. The first kappa shape index (κ1) is 27.6. The molecule has 4 aromatic rings. The highest BCUT2D eigenvalue weighted by molar-refractivity contribution is 6.29. The maximum absolute atomic E-state index is 13.6. The summed E-state index contributed by atoms with van der Waals surface area (Å²) in [5.41, 5.74) is 0.0273. The van der Waals surface area contributed by atoms with Gasteiger partial charge in [0, 0.05) is 12.6 Å². The predicted molar refractivity (Wildman–Crippen MR) is 146 cm³/mol. The maximum atomic E-state index is 13.6. The van der Waals surface area contributed by atoms with Crippen molar-refractivity contribution in [3.05, 3.63) is 110 Å². The van der Waals surface area contributed by atoms with Gasteiger partial charge < -0.3 is 9.47 Å². The highest BCUT2D eigenvalue weighted by atomic mass is 35.5. The van der Waals surface area contributed by atoms with Crippen molar-refractivity contribution in [3.63, 3.8) is 0 Å². The van der Waals surface area contributed by atoms with Crippen LogP contribution in [0.3, 0.4) is 0 Å². The molecule has 202 valence electrons. The molecule has 0 radical (unpaired) electrons. The van der Waals surface area contributed by atoms with E-state index in [1.54, 1.807) is 56.3 Å². The monoisotopic (exact) mass is 549 g/mol. The molecule has 0 spiro atoms. The molecule has 2 aromatic carbocycles. The second kappa shape index (κ2) is 11.5. The van der Waals surface area contributed by atoms with Gasteiger partial charge in [-0.2, -0.15) is 0 Å². The van der Waals surface area contributed by atoms with Crippen molar-refractivity contribution in [1.29, 1.82) is 0 Å². The summed E-state index contributed by atoms with van der Waals surface area (Å²) in [4.78, 5) is 50.2. The minimum Gasteiger partial charge on any atom is -0.469 e. The number of carbonyl (C=O) groups is 1. The number of aromatic amines is 1. The number of nitrogens with one attached hydrogen (secondary N) is 1. The first-order valence-corrected chi connectivity index (χ1v) is 12.5. The van der Waals surface area contributed by atoms with Crippen LogP contribution >= 0.6 is 11.6 Å². The lowest BCUT2D eigenvalue weighted by molar-refractivity contribution is -0.151. The van der Waals surface area contributed by atoms with Gasteiger partial charge in [-0.15, -0.1) is 0 Å². The number of hydrogen-bond donors (Lipinski definition) is 1. The number of hydrogen-bond acceptors (Lipinski definition) is 7. The number of nitrogens with zero attached hydrogens (tertiary/aromatic N) is 4. The molecule has 0 saturated heterocycles. The largest absolute Gasteiger partial charge is 0.469 e. The van der Waals surface area contributed by atoms with E-state index in [1.807, 2.05) is 31.2 Å². The quantitative estimate of drug-likeness (QED) is 0.262. The van der Waals surface area contributed by atoms with Gasteiger partial charge >= 0.3 is 17.3 Å². The molecule has 0 unspecified atom stereocenters. The van der Waals surface area contributed by atoms with Crippen LogP contribution in [0.4, 0.5) is 5.69 Å². The zero-order valence-electron chi connectivity index (χ0n) is 22.0. The maximum Gasteiger partial charge on any atom is 0.335 e. The summed E-state index contributed by atoms with van der Waals surface area (Å²) in [6.45, 7) is 5.15. The molecule has 2 aromatic heterocycles. The zero-order valence-corrected chi connectivity index (χ0v) is 22.7. The lowest BCUT2D eigenvalue weighted by Crippen LogP contribution is -2.52. The van der Waals surface area contributed by atoms with E-state index in [1.165, 1.54) is 11.7 Å². The fraction of sp³-hybridized carbons (Fsp3) is 0.250. The van der Waals surface area contributed by atoms with E-state index in [4.69, 9.17) is 21.1 Å². The SMILES string of the molecule is COC(=O)C(C)(C)Cn1c(=O)[nH]/c(=N\c2ccc(Oc3cccc(Cl)n3)cc2)n(Cc2ccc(C)cc2)c1=O. The molecule has 4 rings (SSSR count). The zero-order chi connectivity index (χ0) is 28.2. The average molecular weight is 550 g/mol. The number of aryl methyl sites for hydroxylation is 1. The van der Waals surface area contributed by atoms with Gasteiger partial charge in [0.25, 0.3) is 0 Å². The second-order valence-electron chi connectivity index (χ2n) is 9.58. The Labute approximate surface area is 229 Å². The molecule has 1 N–H and O–H groups in total. The van der Waals surface area contributed by atoms with Crippen LogP contribution < -0.4 is 21.7 Å². The second-order valence-corrected chi connectivity index (χ2v) is 9.96. The van der Waals surface area contributed by atoms with E-state index in [0.717, 1.165) is 15.7 Å². The van der Waals surface area contributed by atoms with Crippen molar-refractivity contribution in [3.8, 4) is 11.6 Å². The molecule has 0 aliphatic heterocycles. The molecule has 10 nitrogen and oxygen atoms in total. The number of benzene rings is 2. The molecule has 0 amide bonds. The van der Waals surface area contributed by atoms with Gasteiger partial charge in [0.2, 0.25) is 11.5 Å². The van der Waals surface area contributed by atoms with Crippen molar-refractivity contribution in [1.82, 2.24) is 19.1 Å². The number of carbonyl (C=O) groups excluding carboxylic acids is 1. The van der Waals surface area contributed by atoms with Crippen LogP contribution in [0, 0.1) is 12.3 Å². The number of halogens is 1. The highest BCUT2D eigenvalue weighted by Crippen LogP contribution is 2.23. The summed E-state index contributed by atoms with van der Waals surface area (Å²) in [5.74, 6) is 0.305. The van der Waals surface area contributed by atoms with Crippen LogP contribution in [-0.2, 0) is 22.6 Å². The molecule has 2 heterocycles. The Morgan fingerprint density at radius 1 is 1.03 bits per heavy atom. The van der Waals surface area contributed by atoms with Crippen LogP contribution in [-0.4, -0.2) is 32.2 Å². The molecule has 0 atom stereocenters. The molecular formula is C28H28ClN5O5. The summed E-state index contributed by atoms with van der Waals surface area (Å²) in [6.07, 6.45) is 0. The van der Waals surface area contributed by atoms with Crippen LogP contribution in [0.1, 0.15) is 25.0 Å². The smallest absolute Gasteiger partial charge is 0.335 e. The molecule has 0 saturated carbocycles. The highest BCUT2D eigenvalue weighted by Gasteiger charge is 2.31. The molecular weight excluding hydrogens is 522 g/mol. The normalized spacial score (nSPS) is 11.9. The van der Waals surface area contributed by atoms with E-state index >= 15 is 0 Å². The van der Waals surface area contributed by atoms with Crippen molar-refractivity contribution < 1.29 is 14.3 Å². The Hall–Kier alpha value is -4.44. The molecule has 0 aliphatic carbocycles. The van der Waals surface area contributed by atoms with Gasteiger partial charge in [0.15, 0.2) is 0 Å². The van der Waals surface area contributed by atoms with Gasteiger partial charge in [-0.3, -0.25) is 14.3 Å². The van der Waals surface area contributed by atoms with Gasteiger partial charge in [-0.1, -0.05) is 47.5 Å². The number of pyridine rings is 1. The molecule has 39 heavy (non-hydrogen) atoms. The van der Waals surface area contributed by atoms with Gasteiger partial charge in [-0.05, 0) is 56.7 Å². The number of H-pyrrole nitrogens is 1. The van der Waals surface area contributed by atoms with Gasteiger partial charge in [-0.25, -0.2) is 24.1 Å². The lowest BCUT2D eigenvalue weighted by Gasteiger charge is -2.22. The van der Waals surface area contributed by atoms with E-state index in [2.05, 4.69) is 15.0 Å². The summed E-state index contributed by atoms with van der Waals surface area (Å²) in [5, 5.41) is 0.311. The van der Waals surface area contributed by atoms with Crippen LogP contribution in [0.25, 0.3) is 0 Å². The predicted octanol–water partition coefficient (Wildman–Crippen LogP) is 3.97. The first-order chi connectivity index (χ1) is 18.6. The van der Waals surface area contributed by atoms with Crippen molar-refractivity contribution in [2.24, 2.45) is 10.4 Å². The van der Waals surface area contributed by atoms with Crippen LogP contribution in [0.2, 0.25) is 5.15 Å². The number of ether oxygens (including phenoxy) is 2. The Morgan fingerprint density at radius 3 is 2.36 bits per heavy atom. The van der Waals surface area contributed by atoms with Crippen molar-refractivity contribution >= 4 is 23.3 Å². The minimum absolute atomic E-state index is 0.0582. The third-order valence-corrected chi connectivity index (χ3v) is 6.13. The molecule has 0 fully saturated rings. The molecule has 0 aliphatic rings. The topological polar surface area (TPSA) is 121 Å². The van der Waals surface area contributed by atoms with E-state index in [9.17, 15) is 14.4 Å². The van der Waals surface area contributed by atoms with Crippen LogP contribution in [0.15, 0.2) is 81.3 Å². The van der Waals surface area contributed by atoms with Gasteiger partial charge in [0.1, 0.15) is 10.9 Å². The third kappa shape index (κ3) is 6.71. The van der Waals surface area contributed by atoms with E-state index in [0.29, 0.717) is 22.5 Å². The van der Waals surface area contributed by atoms with E-state index in [-0.39, 0.29) is 18.7 Å². The standard InChI is InChI=1S/C28H28ClN5O5/c1-18-8-10-19(11-9-18)16-33-25(32-26(36)34(27(33)37)17-28(2,3)24(35)38-4)30-20-12-14-21(15-13-20)39-23-7-5-6-22(29)31-23/h5-15H,16-17H2,1-4H3,(H,30,32,36). The lowest BCUT2D eigenvalue weighted by atomic mass is 9.94. The van der Waals surface area contributed by atoms with Crippen LogP contribution in [0.5, 0.6) is 11.6 Å². The first-order valence-electron chi connectivity index (χ1n) is 12.1. The minimum atomic E-state index is -1.11. The fourth-order valence-electron chi connectivity index (χ4n) is 3.81. The summed E-state index contributed by atoms with van der Waals surface area (Å²) in [7, 11) is 1.26. The van der Waals surface area contributed by atoms with Gasteiger partial charge in [0.05, 0.1) is 24.8 Å². The Morgan fingerprint density at radius 2 is 1.72 bits per heavy atom. The molecule has 11 heteroatoms. The van der Waals surface area contributed by atoms with Crippen molar-refractivity contribution in [2.75, 3.05) is 7.11 Å². The van der Waals surface area contributed by atoms with E-state index < -0.39 is 22.8 Å². The van der Waals surface area contributed by atoms with Crippen molar-refractivity contribution in [2.45, 2.75) is 33.9 Å². The summed E-state index contributed by atoms with van der Waals surface area (Å²) >= 11 is 5.91. The summed E-state index contributed by atoms with van der Waals surface area (Å²) < 4.78 is 12.9. The number of esters is 1. The summed E-state index contributed by atoms with van der Waals surface area (Å²) in [6, 6.07) is 19.5. The Kier molecular flexibility index (Phi) is 8.15. The number of methoxy groups -OCH3 is 1. The fourth-order valence-corrected chi connectivity index (χ4v) is 3.97. The Balaban J connectivity index is 1.76. The third-order valence-electron chi connectivity index (χ3n) is 5.92. The number of rotatable bonds is 8. The Bertz CT molecular complexity index is 1670.